The van der Waals surface area contributed by atoms with E-state index in [1.807, 2.05) is 36.4 Å². The zero-order chi connectivity index (χ0) is 15.8. The largest absolute Gasteiger partial charge is 0.497 e. The number of methoxy groups -OCH3 is 1. The molecule has 1 unspecified atom stereocenters. The monoisotopic (exact) mass is 431 g/mol. The van der Waals surface area contributed by atoms with E-state index in [4.69, 9.17) is 9.15 Å². The highest BCUT2D eigenvalue weighted by atomic mass is 127. The van der Waals surface area contributed by atoms with Gasteiger partial charge in [-0.05, 0) is 29.8 Å². The molecule has 2 aromatic rings. The number of furan rings is 1. The standard InChI is InChI=1S/C16H21N3O3.HI/c1-17-16(18-10-14-4-3-9-22-14)19-11-15(20)12-5-7-13(21-2)8-6-12;/h3-9,15,20H,10-11H2,1-2H3,(H2,17,18,19);1H. The first-order valence-electron chi connectivity index (χ1n) is 7.02. The van der Waals surface area contributed by atoms with Crippen molar-refractivity contribution in [1.82, 2.24) is 10.6 Å². The summed E-state index contributed by atoms with van der Waals surface area (Å²) in [6.45, 7) is 0.884. The lowest BCUT2D eigenvalue weighted by Gasteiger charge is -2.15. The predicted octanol–water partition coefficient (Wildman–Crippen LogP) is 2.30. The molecule has 3 N–H and O–H groups in total. The van der Waals surface area contributed by atoms with Crippen molar-refractivity contribution in [2.45, 2.75) is 12.6 Å². The van der Waals surface area contributed by atoms with Gasteiger partial charge in [0.2, 0.25) is 0 Å². The Morgan fingerprint density at radius 3 is 2.57 bits per heavy atom. The zero-order valence-electron chi connectivity index (χ0n) is 13.2. The Morgan fingerprint density at radius 2 is 2.00 bits per heavy atom. The van der Waals surface area contributed by atoms with E-state index in [0.29, 0.717) is 19.0 Å². The molecule has 7 heteroatoms. The molecule has 126 valence electrons. The van der Waals surface area contributed by atoms with Crippen LogP contribution >= 0.6 is 24.0 Å². The molecule has 0 bridgehead atoms. The summed E-state index contributed by atoms with van der Waals surface area (Å²) in [7, 11) is 3.29. The minimum Gasteiger partial charge on any atom is -0.497 e. The van der Waals surface area contributed by atoms with E-state index in [-0.39, 0.29) is 24.0 Å². The molecule has 2 rings (SSSR count). The molecule has 1 heterocycles. The van der Waals surface area contributed by atoms with E-state index >= 15 is 0 Å². The number of nitrogens with zero attached hydrogens (tertiary/aromatic N) is 1. The quantitative estimate of drug-likeness (QED) is 0.372. The maximum atomic E-state index is 10.2. The van der Waals surface area contributed by atoms with E-state index in [2.05, 4.69) is 15.6 Å². The summed E-state index contributed by atoms with van der Waals surface area (Å²) in [5, 5.41) is 16.4. The first kappa shape index (κ1) is 19.3. The molecule has 1 aromatic carbocycles. The van der Waals surface area contributed by atoms with Gasteiger partial charge in [-0.2, -0.15) is 0 Å². The lowest BCUT2D eigenvalue weighted by atomic mass is 10.1. The third kappa shape index (κ3) is 6.11. The van der Waals surface area contributed by atoms with Gasteiger partial charge >= 0.3 is 0 Å². The van der Waals surface area contributed by atoms with Gasteiger partial charge < -0.3 is 24.9 Å². The molecular weight excluding hydrogens is 409 g/mol. The van der Waals surface area contributed by atoms with Crippen molar-refractivity contribution in [2.24, 2.45) is 4.99 Å². The minimum absolute atomic E-state index is 0. The van der Waals surface area contributed by atoms with Crippen LogP contribution in [0.3, 0.4) is 0 Å². The van der Waals surface area contributed by atoms with Crippen LogP contribution in [0.2, 0.25) is 0 Å². The molecule has 0 aliphatic carbocycles. The summed E-state index contributed by atoms with van der Waals surface area (Å²) in [4.78, 5) is 4.10. The lowest BCUT2D eigenvalue weighted by Crippen LogP contribution is -2.38. The lowest BCUT2D eigenvalue weighted by molar-refractivity contribution is 0.180. The Hall–Kier alpha value is -1.74. The molecule has 0 saturated carbocycles. The van der Waals surface area contributed by atoms with Gasteiger partial charge in [0.05, 0.1) is 26.0 Å². The predicted molar refractivity (Wildman–Crippen MR) is 100 cm³/mol. The van der Waals surface area contributed by atoms with Crippen LogP contribution in [0, 0.1) is 0 Å². The van der Waals surface area contributed by atoms with Crippen molar-refractivity contribution in [1.29, 1.82) is 0 Å². The van der Waals surface area contributed by atoms with Gasteiger partial charge in [0.25, 0.3) is 0 Å². The molecule has 6 nitrogen and oxygen atoms in total. The topological polar surface area (TPSA) is 79.0 Å². The van der Waals surface area contributed by atoms with Gasteiger partial charge in [-0.25, -0.2) is 0 Å². The number of nitrogens with one attached hydrogen (secondary N) is 2. The molecule has 1 aromatic heterocycles. The Morgan fingerprint density at radius 1 is 1.26 bits per heavy atom. The fourth-order valence-corrected chi connectivity index (χ4v) is 1.94. The van der Waals surface area contributed by atoms with E-state index in [9.17, 15) is 5.11 Å². The van der Waals surface area contributed by atoms with Gasteiger partial charge in [0.1, 0.15) is 11.5 Å². The molecule has 0 fully saturated rings. The molecule has 0 saturated heterocycles. The number of hydrogen-bond acceptors (Lipinski definition) is 4. The minimum atomic E-state index is -0.631. The average molecular weight is 431 g/mol. The van der Waals surface area contributed by atoms with Gasteiger partial charge in [0, 0.05) is 13.6 Å². The molecule has 0 aliphatic heterocycles. The molecule has 1 atom stereocenters. The summed E-state index contributed by atoms with van der Waals surface area (Å²) in [6.07, 6.45) is 0.994. The third-order valence-electron chi connectivity index (χ3n) is 3.20. The Bertz CT molecular complexity index is 585. The fourth-order valence-electron chi connectivity index (χ4n) is 1.94. The zero-order valence-corrected chi connectivity index (χ0v) is 15.5. The van der Waals surface area contributed by atoms with Gasteiger partial charge in [-0.3, -0.25) is 4.99 Å². The second-order valence-corrected chi connectivity index (χ2v) is 4.67. The molecule has 23 heavy (non-hydrogen) atoms. The van der Waals surface area contributed by atoms with Crippen LogP contribution in [0.5, 0.6) is 5.75 Å². The van der Waals surface area contributed by atoms with Crippen molar-refractivity contribution in [3.8, 4) is 5.75 Å². The van der Waals surface area contributed by atoms with Crippen molar-refractivity contribution >= 4 is 29.9 Å². The number of rotatable bonds is 6. The van der Waals surface area contributed by atoms with Gasteiger partial charge in [0.15, 0.2) is 5.96 Å². The summed E-state index contributed by atoms with van der Waals surface area (Å²) in [6, 6.07) is 11.0. The van der Waals surface area contributed by atoms with Crippen molar-refractivity contribution in [3.63, 3.8) is 0 Å². The maximum Gasteiger partial charge on any atom is 0.191 e. The number of benzene rings is 1. The Labute approximate surface area is 153 Å². The smallest absolute Gasteiger partial charge is 0.191 e. The summed E-state index contributed by atoms with van der Waals surface area (Å²) in [5.74, 6) is 2.18. The number of aliphatic hydroxyl groups excluding tert-OH is 1. The molecule has 0 amide bonds. The van der Waals surface area contributed by atoms with Crippen LogP contribution < -0.4 is 15.4 Å². The molecule has 0 spiro atoms. The van der Waals surface area contributed by atoms with Crippen LogP contribution in [0.25, 0.3) is 0 Å². The highest BCUT2D eigenvalue weighted by molar-refractivity contribution is 14.0. The Balaban J connectivity index is 0.00000264. The average Bonchev–Trinajstić information content (AvgIpc) is 3.08. The SMILES string of the molecule is CN=C(NCc1ccco1)NCC(O)c1ccc(OC)cc1.I. The Kier molecular flexibility index (Phi) is 8.49. The van der Waals surface area contributed by atoms with Gasteiger partial charge in [-0.15, -0.1) is 24.0 Å². The number of guanidine groups is 1. The molecule has 0 aliphatic rings. The van der Waals surface area contributed by atoms with Crippen molar-refractivity contribution < 1.29 is 14.3 Å². The van der Waals surface area contributed by atoms with Crippen molar-refractivity contribution in [2.75, 3.05) is 20.7 Å². The summed E-state index contributed by atoms with van der Waals surface area (Å²) in [5.41, 5.74) is 0.815. The van der Waals surface area contributed by atoms with Crippen molar-refractivity contribution in [3.05, 3.63) is 54.0 Å². The maximum absolute atomic E-state index is 10.2. The van der Waals surface area contributed by atoms with Gasteiger partial charge in [-0.1, -0.05) is 12.1 Å². The highest BCUT2D eigenvalue weighted by Gasteiger charge is 2.09. The fraction of sp³-hybridized carbons (Fsp3) is 0.312. The molecular formula is C16H22IN3O3. The van der Waals surface area contributed by atoms with E-state index in [0.717, 1.165) is 17.1 Å². The number of aliphatic imine (C=N–C) groups is 1. The van der Waals surface area contributed by atoms with Crippen LogP contribution in [0.1, 0.15) is 17.4 Å². The summed E-state index contributed by atoms with van der Waals surface area (Å²) < 4.78 is 10.3. The normalized spacial score (nSPS) is 12.2. The number of halogens is 1. The van der Waals surface area contributed by atoms with Crippen LogP contribution in [0.4, 0.5) is 0 Å². The number of ether oxygens (including phenoxy) is 1. The number of aliphatic hydroxyl groups is 1. The van der Waals surface area contributed by atoms with E-state index in [1.165, 1.54) is 0 Å². The van der Waals surface area contributed by atoms with Crippen LogP contribution in [-0.2, 0) is 6.54 Å². The van der Waals surface area contributed by atoms with Crippen LogP contribution in [-0.4, -0.2) is 31.8 Å². The van der Waals surface area contributed by atoms with Crippen LogP contribution in [0.15, 0.2) is 52.1 Å². The van der Waals surface area contributed by atoms with E-state index in [1.54, 1.807) is 20.4 Å². The first-order valence-corrected chi connectivity index (χ1v) is 7.02. The van der Waals surface area contributed by atoms with E-state index < -0.39 is 6.10 Å². The molecule has 0 radical (unpaired) electrons. The number of hydrogen-bond donors (Lipinski definition) is 3. The second kappa shape index (κ2) is 10.1. The highest BCUT2D eigenvalue weighted by Crippen LogP contribution is 2.16. The summed E-state index contributed by atoms with van der Waals surface area (Å²) >= 11 is 0. The first-order chi connectivity index (χ1) is 10.7. The third-order valence-corrected chi connectivity index (χ3v) is 3.20. The second-order valence-electron chi connectivity index (χ2n) is 4.67.